The maximum atomic E-state index is 13.5. The minimum Gasteiger partial charge on any atom is -0.495 e. The third kappa shape index (κ3) is 3.84. The molecule has 0 saturated heterocycles. The molecule has 5 nitrogen and oxygen atoms in total. The number of carbonyl (C=O) groups is 2. The van der Waals surface area contributed by atoms with Gasteiger partial charge in [-0.15, -0.1) is 0 Å². The van der Waals surface area contributed by atoms with E-state index in [1.54, 1.807) is 19.2 Å². The first kappa shape index (κ1) is 20.5. The molecule has 2 aromatic carbocycles. The highest BCUT2D eigenvalue weighted by Gasteiger charge is 2.42. The zero-order valence-electron chi connectivity index (χ0n) is 16.9. The number of rotatable bonds is 4. The average molecular weight is 467 g/mol. The molecule has 0 spiro atoms. The Morgan fingerprint density at radius 2 is 1.87 bits per heavy atom. The van der Waals surface area contributed by atoms with E-state index in [1.807, 2.05) is 43.3 Å². The van der Waals surface area contributed by atoms with Gasteiger partial charge in [0.25, 0.3) is 0 Å². The Morgan fingerprint density at radius 1 is 1.13 bits per heavy atom. The van der Waals surface area contributed by atoms with Gasteiger partial charge in [-0.25, -0.2) is 0 Å². The van der Waals surface area contributed by atoms with Crippen molar-refractivity contribution in [3.05, 3.63) is 69.8 Å². The number of ketones is 1. The molecule has 30 heavy (non-hydrogen) atoms. The number of ether oxygens (including phenoxy) is 1. The van der Waals surface area contributed by atoms with Gasteiger partial charge in [0.2, 0.25) is 5.91 Å². The van der Waals surface area contributed by atoms with Crippen molar-refractivity contribution in [2.75, 3.05) is 12.4 Å². The molecule has 0 bridgehead atoms. The number of amides is 1. The van der Waals surface area contributed by atoms with Crippen molar-refractivity contribution in [2.24, 2.45) is 10.9 Å². The maximum absolute atomic E-state index is 13.5. The standard InChI is InChI=1S/C24H23BrN2O3/c1-14-21(24(29)27-17-6-3-4-9-20(17)30-2)22(15-10-12-16(25)13-11-15)23-18(26-14)7-5-8-19(23)28/h3-4,6,9-13,21-22H,5,7-8H2,1-2H3,(H,27,29)/t21?,22-/m0/s1. The molecule has 2 atom stereocenters. The minimum atomic E-state index is -0.572. The van der Waals surface area contributed by atoms with E-state index in [4.69, 9.17) is 9.73 Å². The Labute approximate surface area is 184 Å². The fourth-order valence-electron chi connectivity index (χ4n) is 4.33. The number of benzene rings is 2. The van der Waals surface area contributed by atoms with Gasteiger partial charge < -0.3 is 10.1 Å². The van der Waals surface area contributed by atoms with E-state index in [-0.39, 0.29) is 17.6 Å². The van der Waals surface area contributed by atoms with Crippen molar-refractivity contribution >= 4 is 39.0 Å². The maximum Gasteiger partial charge on any atom is 0.234 e. The molecule has 4 rings (SSSR count). The fraction of sp³-hybridized carbons (Fsp3) is 0.292. The summed E-state index contributed by atoms with van der Waals surface area (Å²) in [7, 11) is 1.57. The van der Waals surface area contributed by atoms with Crippen LogP contribution in [0.5, 0.6) is 5.75 Å². The number of nitrogens with zero attached hydrogens (tertiary/aromatic N) is 1. The summed E-state index contributed by atoms with van der Waals surface area (Å²) in [4.78, 5) is 31.1. The van der Waals surface area contributed by atoms with E-state index in [2.05, 4.69) is 21.2 Å². The molecule has 1 aliphatic heterocycles. The topological polar surface area (TPSA) is 67.8 Å². The number of methoxy groups -OCH3 is 1. The molecule has 6 heteroatoms. The van der Waals surface area contributed by atoms with Gasteiger partial charge in [0.15, 0.2) is 5.78 Å². The quantitative estimate of drug-likeness (QED) is 0.666. The van der Waals surface area contributed by atoms with Crippen LogP contribution < -0.4 is 10.1 Å². The summed E-state index contributed by atoms with van der Waals surface area (Å²) in [6.45, 7) is 1.88. The largest absolute Gasteiger partial charge is 0.495 e. The van der Waals surface area contributed by atoms with Gasteiger partial charge in [0.05, 0.1) is 18.7 Å². The lowest BCUT2D eigenvalue weighted by molar-refractivity contribution is -0.119. The van der Waals surface area contributed by atoms with Crippen molar-refractivity contribution in [1.82, 2.24) is 0 Å². The van der Waals surface area contributed by atoms with Gasteiger partial charge >= 0.3 is 0 Å². The van der Waals surface area contributed by atoms with Crippen LogP contribution in [-0.2, 0) is 9.59 Å². The number of aliphatic imine (C=N–C) groups is 1. The van der Waals surface area contributed by atoms with Gasteiger partial charge in [-0.05, 0) is 49.6 Å². The predicted molar refractivity (Wildman–Crippen MR) is 121 cm³/mol. The molecule has 0 fully saturated rings. The number of carbonyl (C=O) groups excluding carboxylic acids is 2. The second-order valence-corrected chi connectivity index (χ2v) is 8.50. The molecule has 1 heterocycles. The molecule has 1 amide bonds. The van der Waals surface area contributed by atoms with Crippen LogP contribution in [0.1, 0.15) is 37.7 Å². The van der Waals surface area contributed by atoms with Crippen LogP contribution in [-0.4, -0.2) is 24.5 Å². The summed E-state index contributed by atoms with van der Waals surface area (Å²) in [5.41, 5.74) is 3.79. The summed E-state index contributed by atoms with van der Waals surface area (Å²) in [5.74, 6) is -0.441. The molecule has 0 radical (unpaired) electrons. The van der Waals surface area contributed by atoms with Gasteiger partial charge in [-0.3, -0.25) is 14.6 Å². The van der Waals surface area contributed by atoms with Crippen LogP contribution >= 0.6 is 15.9 Å². The number of allylic oxidation sites excluding steroid dienone is 2. The Bertz CT molecular complexity index is 1060. The number of hydrogen-bond acceptors (Lipinski definition) is 4. The first-order valence-corrected chi connectivity index (χ1v) is 10.8. The minimum absolute atomic E-state index is 0.0931. The van der Waals surface area contributed by atoms with Crippen molar-refractivity contribution in [1.29, 1.82) is 0 Å². The van der Waals surface area contributed by atoms with E-state index >= 15 is 0 Å². The first-order valence-electron chi connectivity index (χ1n) is 10.0. The lowest BCUT2D eigenvalue weighted by Crippen LogP contribution is -2.39. The number of halogens is 1. The molecule has 2 aliphatic rings. The highest BCUT2D eigenvalue weighted by molar-refractivity contribution is 9.10. The summed E-state index contributed by atoms with van der Waals surface area (Å²) >= 11 is 3.47. The van der Waals surface area contributed by atoms with Crippen LogP contribution in [0.25, 0.3) is 0 Å². The number of para-hydroxylation sites is 2. The predicted octanol–water partition coefficient (Wildman–Crippen LogP) is 5.28. The Hall–Kier alpha value is -2.73. The molecule has 1 unspecified atom stereocenters. The molecule has 1 N–H and O–H groups in total. The van der Waals surface area contributed by atoms with Gasteiger partial charge in [-0.1, -0.05) is 40.2 Å². The van der Waals surface area contributed by atoms with Gasteiger partial charge in [0, 0.05) is 33.8 Å². The smallest absolute Gasteiger partial charge is 0.234 e. The monoisotopic (exact) mass is 466 g/mol. The van der Waals surface area contributed by atoms with Gasteiger partial charge in [0.1, 0.15) is 5.75 Å². The van der Waals surface area contributed by atoms with E-state index in [0.717, 1.165) is 34.3 Å². The van der Waals surface area contributed by atoms with Gasteiger partial charge in [-0.2, -0.15) is 0 Å². The summed E-state index contributed by atoms with van der Waals surface area (Å²) < 4.78 is 6.32. The number of nitrogens with one attached hydrogen (secondary N) is 1. The van der Waals surface area contributed by atoms with Crippen molar-refractivity contribution < 1.29 is 14.3 Å². The van der Waals surface area contributed by atoms with Crippen molar-refractivity contribution in [2.45, 2.75) is 32.1 Å². The molecular weight excluding hydrogens is 444 g/mol. The fourth-order valence-corrected chi connectivity index (χ4v) is 4.60. The normalized spacial score (nSPS) is 21.0. The lowest BCUT2D eigenvalue weighted by atomic mass is 9.71. The van der Waals surface area contributed by atoms with Crippen LogP contribution in [0.3, 0.4) is 0 Å². The number of Topliss-reactive ketones (excluding diaryl/α,β-unsaturated/α-hetero) is 1. The zero-order valence-corrected chi connectivity index (χ0v) is 18.5. The highest BCUT2D eigenvalue weighted by Crippen LogP contribution is 2.44. The molecule has 154 valence electrons. The van der Waals surface area contributed by atoms with Crippen LogP contribution in [0.2, 0.25) is 0 Å². The van der Waals surface area contributed by atoms with Crippen LogP contribution in [0.4, 0.5) is 5.69 Å². The van der Waals surface area contributed by atoms with Crippen LogP contribution in [0.15, 0.2) is 69.3 Å². The summed E-state index contributed by atoms with van der Waals surface area (Å²) in [5, 5.41) is 3.00. The Balaban J connectivity index is 1.77. The second-order valence-electron chi connectivity index (χ2n) is 7.59. The van der Waals surface area contributed by atoms with Crippen molar-refractivity contribution in [3.63, 3.8) is 0 Å². The Kier molecular flexibility index (Phi) is 5.86. The third-order valence-corrected chi connectivity index (χ3v) is 6.24. The van der Waals surface area contributed by atoms with Crippen molar-refractivity contribution in [3.8, 4) is 5.75 Å². The number of anilines is 1. The molecule has 1 aliphatic carbocycles. The Morgan fingerprint density at radius 3 is 2.60 bits per heavy atom. The molecule has 0 aromatic heterocycles. The van der Waals surface area contributed by atoms with E-state index < -0.39 is 5.92 Å². The number of hydrogen-bond donors (Lipinski definition) is 1. The molecular formula is C24H23BrN2O3. The molecule has 0 saturated carbocycles. The highest BCUT2D eigenvalue weighted by atomic mass is 79.9. The van der Waals surface area contributed by atoms with E-state index in [9.17, 15) is 9.59 Å². The average Bonchev–Trinajstić information content (AvgIpc) is 2.74. The lowest BCUT2D eigenvalue weighted by Gasteiger charge is -2.35. The summed E-state index contributed by atoms with van der Waals surface area (Å²) in [6, 6.07) is 15.1. The zero-order chi connectivity index (χ0) is 21.3. The first-order chi connectivity index (χ1) is 14.5. The second kappa shape index (κ2) is 8.56. The van der Waals surface area contributed by atoms with E-state index in [1.165, 1.54) is 0 Å². The third-order valence-electron chi connectivity index (χ3n) is 5.71. The SMILES string of the molecule is COc1ccccc1NC(=O)C1C(C)=NC2=C(C(=O)CCC2)[C@H]1c1ccc(Br)cc1. The summed E-state index contributed by atoms with van der Waals surface area (Å²) in [6.07, 6.45) is 2.08. The van der Waals surface area contributed by atoms with Crippen LogP contribution in [0, 0.1) is 5.92 Å². The molecule has 2 aromatic rings. The van der Waals surface area contributed by atoms with E-state index in [0.29, 0.717) is 23.4 Å².